The molecule has 2 rings (SSSR count). The van der Waals surface area contributed by atoms with Gasteiger partial charge in [0, 0.05) is 12.0 Å². The van der Waals surface area contributed by atoms with Crippen LogP contribution in [-0.4, -0.2) is 31.2 Å². The lowest BCUT2D eigenvalue weighted by molar-refractivity contribution is -0.141. The van der Waals surface area contributed by atoms with Crippen molar-refractivity contribution in [2.24, 2.45) is 11.8 Å². The molecule has 1 amide bonds. The van der Waals surface area contributed by atoms with Gasteiger partial charge >= 0.3 is 5.97 Å². The van der Waals surface area contributed by atoms with E-state index in [0.29, 0.717) is 40.9 Å². The van der Waals surface area contributed by atoms with Crippen LogP contribution in [0.25, 0.3) is 0 Å². The number of carboxylic acid groups (broad SMARTS) is 1. The van der Waals surface area contributed by atoms with Crippen LogP contribution in [0.2, 0.25) is 0 Å². The highest BCUT2D eigenvalue weighted by Crippen LogP contribution is 2.37. The van der Waals surface area contributed by atoms with E-state index in [2.05, 4.69) is 21.2 Å². The molecule has 7 heteroatoms. The largest absolute Gasteiger partial charge is 0.495 e. The summed E-state index contributed by atoms with van der Waals surface area (Å²) >= 11 is 3.36. The van der Waals surface area contributed by atoms with Crippen molar-refractivity contribution in [2.75, 3.05) is 19.5 Å². The van der Waals surface area contributed by atoms with Crippen LogP contribution >= 0.6 is 15.9 Å². The number of nitrogens with one attached hydrogen (secondary N) is 1. The predicted octanol–water partition coefficient (Wildman–Crippen LogP) is 2.91. The number of halogens is 1. The molecule has 2 N–H and O–H groups in total. The number of amides is 1. The Bertz CT molecular complexity index is 590. The van der Waals surface area contributed by atoms with Crippen molar-refractivity contribution in [1.29, 1.82) is 0 Å². The van der Waals surface area contributed by atoms with E-state index < -0.39 is 11.9 Å². The zero-order valence-electron chi connectivity index (χ0n) is 12.4. The summed E-state index contributed by atoms with van der Waals surface area (Å²) in [4.78, 5) is 23.3. The minimum Gasteiger partial charge on any atom is -0.495 e. The Hall–Kier alpha value is -1.76. The highest BCUT2D eigenvalue weighted by molar-refractivity contribution is 9.10. The number of carboxylic acids is 1. The molecule has 2 atom stereocenters. The molecule has 0 aliphatic heterocycles. The molecule has 1 aliphatic rings. The minimum atomic E-state index is -0.833. The number of benzene rings is 1. The second-order valence-electron chi connectivity index (χ2n) is 5.22. The Morgan fingerprint density at radius 2 is 1.82 bits per heavy atom. The maximum Gasteiger partial charge on any atom is 0.306 e. The van der Waals surface area contributed by atoms with E-state index in [0.717, 1.165) is 0 Å². The van der Waals surface area contributed by atoms with E-state index >= 15 is 0 Å². The zero-order valence-corrected chi connectivity index (χ0v) is 14.0. The van der Waals surface area contributed by atoms with Crippen LogP contribution in [0.3, 0.4) is 0 Å². The van der Waals surface area contributed by atoms with Crippen LogP contribution in [0.15, 0.2) is 16.6 Å². The van der Waals surface area contributed by atoms with Gasteiger partial charge in [0.2, 0.25) is 5.91 Å². The topological polar surface area (TPSA) is 84.9 Å². The predicted molar refractivity (Wildman–Crippen MR) is 84.3 cm³/mol. The maximum absolute atomic E-state index is 12.3. The number of anilines is 1. The van der Waals surface area contributed by atoms with Crippen molar-refractivity contribution < 1.29 is 24.2 Å². The molecule has 1 fully saturated rings. The van der Waals surface area contributed by atoms with Crippen molar-refractivity contribution in [1.82, 2.24) is 0 Å². The molecule has 1 aromatic rings. The minimum absolute atomic E-state index is 0.181. The summed E-state index contributed by atoms with van der Waals surface area (Å²) in [5, 5.41) is 11.8. The summed E-state index contributed by atoms with van der Waals surface area (Å²) < 4.78 is 11.1. The quantitative estimate of drug-likeness (QED) is 0.830. The average Bonchev–Trinajstić information content (AvgIpc) is 2.97. The summed E-state index contributed by atoms with van der Waals surface area (Å²) in [5.74, 6) is -0.644. The molecular formula is C15H18BrNO5. The Balaban J connectivity index is 2.12. The molecule has 0 aromatic heterocycles. The second kappa shape index (κ2) is 7.00. The number of ether oxygens (including phenoxy) is 2. The van der Waals surface area contributed by atoms with E-state index in [1.54, 1.807) is 19.2 Å². The van der Waals surface area contributed by atoms with E-state index in [-0.39, 0.29) is 11.8 Å². The summed E-state index contributed by atoms with van der Waals surface area (Å²) in [6, 6.07) is 3.38. The third kappa shape index (κ3) is 3.52. The second-order valence-corrected chi connectivity index (χ2v) is 6.08. The van der Waals surface area contributed by atoms with Gasteiger partial charge in [0.05, 0.1) is 30.3 Å². The van der Waals surface area contributed by atoms with Gasteiger partial charge in [0.25, 0.3) is 0 Å². The number of methoxy groups -OCH3 is 2. The SMILES string of the molecule is COc1cc(OC)c(NC(=O)[C@@H]2CC[C@H](C(=O)O)C2)cc1Br. The van der Waals surface area contributed by atoms with Gasteiger partial charge in [-0.1, -0.05) is 0 Å². The number of hydrogen-bond acceptors (Lipinski definition) is 4. The molecule has 120 valence electrons. The van der Waals surface area contributed by atoms with Gasteiger partial charge in [0.15, 0.2) is 0 Å². The fourth-order valence-electron chi connectivity index (χ4n) is 2.64. The number of carbonyl (C=O) groups excluding carboxylic acids is 1. The standard InChI is InChI=1S/C15H18BrNO5/c1-21-12-7-13(22-2)11(6-10(12)16)17-14(18)8-3-4-9(5-8)15(19)20/h6-9H,3-5H2,1-2H3,(H,17,18)(H,19,20)/t8-,9+/m1/s1. The van der Waals surface area contributed by atoms with E-state index in [9.17, 15) is 9.59 Å². The first-order valence-electron chi connectivity index (χ1n) is 6.91. The van der Waals surface area contributed by atoms with Crippen molar-refractivity contribution in [3.63, 3.8) is 0 Å². The van der Waals surface area contributed by atoms with Crippen molar-refractivity contribution in [3.05, 3.63) is 16.6 Å². The van der Waals surface area contributed by atoms with Gasteiger partial charge in [-0.3, -0.25) is 9.59 Å². The molecule has 1 aromatic carbocycles. The normalized spacial score (nSPS) is 20.5. The molecule has 6 nitrogen and oxygen atoms in total. The lowest BCUT2D eigenvalue weighted by atomic mass is 10.0. The smallest absolute Gasteiger partial charge is 0.306 e. The lowest BCUT2D eigenvalue weighted by Gasteiger charge is -2.15. The number of rotatable bonds is 5. The molecule has 0 unspecified atom stereocenters. The van der Waals surface area contributed by atoms with Crippen molar-refractivity contribution in [3.8, 4) is 11.5 Å². The van der Waals surface area contributed by atoms with E-state index in [4.69, 9.17) is 14.6 Å². The Kier molecular flexibility index (Phi) is 5.28. The third-order valence-electron chi connectivity index (χ3n) is 3.88. The van der Waals surface area contributed by atoms with Gasteiger partial charge < -0.3 is 19.9 Å². The third-order valence-corrected chi connectivity index (χ3v) is 4.50. The Morgan fingerprint density at radius 1 is 1.18 bits per heavy atom. The van der Waals surface area contributed by atoms with Gasteiger partial charge in [-0.25, -0.2) is 0 Å². The van der Waals surface area contributed by atoms with Gasteiger partial charge in [-0.15, -0.1) is 0 Å². The Morgan fingerprint density at radius 3 is 2.36 bits per heavy atom. The van der Waals surface area contributed by atoms with E-state index in [1.807, 2.05) is 0 Å². The molecule has 0 bridgehead atoms. The van der Waals surface area contributed by atoms with E-state index in [1.165, 1.54) is 7.11 Å². The van der Waals surface area contributed by atoms with Gasteiger partial charge in [-0.05, 0) is 41.3 Å². The Labute approximate surface area is 136 Å². The van der Waals surface area contributed by atoms with Crippen LogP contribution in [0.5, 0.6) is 11.5 Å². The monoisotopic (exact) mass is 371 g/mol. The fraction of sp³-hybridized carbons (Fsp3) is 0.467. The van der Waals surface area contributed by atoms with Crippen LogP contribution in [0.4, 0.5) is 5.69 Å². The highest BCUT2D eigenvalue weighted by Gasteiger charge is 2.34. The van der Waals surface area contributed by atoms with Crippen LogP contribution in [0, 0.1) is 11.8 Å². The summed E-state index contributed by atoms with van der Waals surface area (Å²) in [5.41, 5.74) is 0.527. The summed E-state index contributed by atoms with van der Waals surface area (Å²) in [7, 11) is 3.05. The first-order chi connectivity index (χ1) is 10.5. The van der Waals surface area contributed by atoms with Crippen LogP contribution in [0.1, 0.15) is 19.3 Å². The molecular weight excluding hydrogens is 354 g/mol. The lowest BCUT2D eigenvalue weighted by Crippen LogP contribution is -2.22. The average molecular weight is 372 g/mol. The molecule has 1 aliphatic carbocycles. The van der Waals surface area contributed by atoms with Gasteiger partial charge in [0.1, 0.15) is 11.5 Å². The van der Waals surface area contributed by atoms with Crippen LogP contribution < -0.4 is 14.8 Å². The zero-order chi connectivity index (χ0) is 16.3. The fourth-order valence-corrected chi connectivity index (χ4v) is 3.14. The first kappa shape index (κ1) is 16.6. The summed E-state index contributed by atoms with van der Waals surface area (Å²) in [6.07, 6.45) is 1.50. The van der Waals surface area contributed by atoms with Crippen molar-refractivity contribution in [2.45, 2.75) is 19.3 Å². The maximum atomic E-state index is 12.3. The van der Waals surface area contributed by atoms with Crippen LogP contribution in [-0.2, 0) is 9.59 Å². The van der Waals surface area contributed by atoms with Gasteiger partial charge in [-0.2, -0.15) is 0 Å². The molecule has 0 radical (unpaired) electrons. The molecule has 0 saturated heterocycles. The molecule has 22 heavy (non-hydrogen) atoms. The number of aliphatic carboxylic acids is 1. The molecule has 0 heterocycles. The first-order valence-corrected chi connectivity index (χ1v) is 7.70. The molecule has 1 saturated carbocycles. The number of carbonyl (C=O) groups is 2. The number of hydrogen-bond donors (Lipinski definition) is 2. The summed E-state index contributed by atoms with van der Waals surface area (Å²) in [6.45, 7) is 0. The van der Waals surface area contributed by atoms with Crippen molar-refractivity contribution >= 4 is 33.5 Å². The highest BCUT2D eigenvalue weighted by atomic mass is 79.9. The molecule has 0 spiro atoms.